The third-order valence-corrected chi connectivity index (χ3v) is 2.28. The highest BCUT2D eigenvalue weighted by atomic mass is 19.1. The monoisotopic (exact) mass is 269 g/mol. The van der Waals surface area contributed by atoms with Crippen LogP contribution in [0.5, 0.6) is 0 Å². The lowest BCUT2D eigenvalue weighted by molar-refractivity contribution is 0.0588. The molecule has 1 amide bonds. The molecular weight excluding hydrogens is 249 g/mol. The zero-order chi connectivity index (χ0) is 14.8. The molecule has 6 heteroatoms. The second-order valence-corrected chi connectivity index (χ2v) is 5.77. The van der Waals surface area contributed by atoms with E-state index >= 15 is 0 Å². The van der Waals surface area contributed by atoms with Gasteiger partial charge in [0.25, 0.3) is 0 Å². The zero-order valence-corrected chi connectivity index (χ0v) is 12.2. The van der Waals surface area contributed by atoms with Gasteiger partial charge < -0.3 is 4.74 Å². The molecule has 0 N–H and O–H groups in total. The number of anilines is 1. The standard InChI is InChI=1S/C13H20FN3O2/c1-12(2,3)19-11(18)17(6)9-7-15-8-16-10(9)13(4,5)14/h7-8H,1-6H3. The van der Waals surface area contributed by atoms with Crippen molar-refractivity contribution in [3.8, 4) is 0 Å². The Labute approximate surface area is 112 Å². The lowest BCUT2D eigenvalue weighted by Gasteiger charge is -2.27. The number of halogens is 1. The van der Waals surface area contributed by atoms with Gasteiger partial charge in [0.15, 0.2) is 0 Å². The number of amides is 1. The van der Waals surface area contributed by atoms with Gasteiger partial charge in [-0.2, -0.15) is 0 Å². The van der Waals surface area contributed by atoms with Crippen LogP contribution < -0.4 is 4.90 Å². The predicted molar refractivity (Wildman–Crippen MR) is 70.8 cm³/mol. The summed E-state index contributed by atoms with van der Waals surface area (Å²) in [5.74, 6) is 0. The van der Waals surface area contributed by atoms with Crippen LogP contribution >= 0.6 is 0 Å². The van der Waals surface area contributed by atoms with Crippen molar-refractivity contribution < 1.29 is 13.9 Å². The Hall–Kier alpha value is -1.72. The number of ether oxygens (including phenoxy) is 1. The van der Waals surface area contributed by atoms with Gasteiger partial charge in [0.2, 0.25) is 0 Å². The molecule has 1 aromatic heterocycles. The van der Waals surface area contributed by atoms with E-state index in [0.717, 1.165) is 0 Å². The largest absolute Gasteiger partial charge is 0.443 e. The van der Waals surface area contributed by atoms with E-state index in [4.69, 9.17) is 4.74 Å². The van der Waals surface area contributed by atoms with E-state index in [-0.39, 0.29) is 5.69 Å². The number of aromatic nitrogens is 2. The topological polar surface area (TPSA) is 55.3 Å². The Balaban J connectivity index is 3.07. The van der Waals surface area contributed by atoms with E-state index in [2.05, 4.69) is 9.97 Å². The number of rotatable bonds is 2. The molecule has 1 aromatic rings. The van der Waals surface area contributed by atoms with Crippen molar-refractivity contribution in [2.24, 2.45) is 0 Å². The van der Waals surface area contributed by atoms with Crippen molar-refractivity contribution in [2.45, 2.75) is 45.9 Å². The first-order valence-electron chi connectivity index (χ1n) is 5.98. The lowest BCUT2D eigenvalue weighted by atomic mass is 10.1. The summed E-state index contributed by atoms with van der Waals surface area (Å²) < 4.78 is 19.3. The van der Waals surface area contributed by atoms with Gasteiger partial charge in [-0.3, -0.25) is 4.90 Å². The number of carbonyl (C=O) groups is 1. The second-order valence-electron chi connectivity index (χ2n) is 5.77. The molecule has 0 aliphatic carbocycles. The van der Waals surface area contributed by atoms with E-state index < -0.39 is 17.4 Å². The SMILES string of the molecule is CN(C(=O)OC(C)(C)C)c1cncnc1C(C)(C)F. The first kappa shape index (κ1) is 15.3. The van der Waals surface area contributed by atoms with Crippen LogP contribution in [0.15, 0.2) is 12.5 Å². The summed E-state index contributed by atoms with van der Waals surface area (Å²) in [6.07, 6.45) is 2.07. The summed E-state index contributed by atoms with van der Waals surface area (Å²) in [4.78, 5) is 20.9. The summed E-state index contributed by atoms with van der Waals surface area (Å²) in [5, 5.41) is 0. The smallest absolute Gasteiger partial charge is 0.414 e. The summed E-state index contributed by atoms with van der Waals surface area (Å²) in [6, 6.07) is 0. The van der Waals surface area contributed by atoms with E-state index in [1.54, 1.807) is 20.8 Å². The lowest BCUT2D eigenvalue weighted by Crippen LogP contribution is -2.35. The highest BCUT2D eigenvalue weighted by molar-refractivity contribution is 5.87. The fourth-order valence-corrected chi connectivity index (χ4v) is 1.45. The average molecular weight is 269 g/mol. The van der Waals surface area contributed by atoms with Gasteiger partial charge in [0.05, 0.1) is 11.9 Å². The third kappa shape index (κ3) is 4.15. The van der Waals surface area contributed by atoms with Crippen LogP contribution in [-0.4, -0.2) is 28.7 Å². The molecule has 1 heterocycles. The Morgan fingerprint density at radius 1 is 1.32 bits per heavy atom. The van der Waals surface area contributed by atoms with Gasteiger partial charge in [-0.05, 0) is 34.6 Å². The Morgan fingerprint density at radius 2 is 1.89 bits per heavy atom. The van der Waals surface area contributed by atoms with Gasteiger partial charge in [-0.1, -0.05) is 0 Å². The highest BCUT2D eigenvalue weighted by Gasteiger charge is 2.29. The maximum atomic E-state index is 14.1. The minimum absolute atomic E-state index is 0.149. The Bertz CT molecular complexity index is 464. The summed E-state index contributed by atoms with van der Waals surface area (Å²) in [7, 11) is 1.50. The van der Waals surface area contributed by atoms with Crippen LogP contribution in [0.25, 0.3) is 0 Å². The molecule has 19 heavy (non-hydrogen) atoms. The molecule has 0 aromatic carbocycles. The average Bonchev–Trinajstić information content (AvgIpc) is 2.24. The van der Waals surface area contributed by atoms with Gasteiger partial charge >= 0.3 is 6.09 Å². The normalized spacial score (nSPS) is 12.2. The molecule has 106 valence electrons. The highest BCUT2D eigenvalue weighted by Crippen LogP contribution is 2.30. The van der Waals surface area contributed by atoms with Crippen molar-refractivity contribution in [2.75, 3.05) is 11.9 Å². The summed E-state index contributed by atoms with van der Waals surface area (Å²) in [5.41, 5.74) is -1.85. The fraction of sp³-hybridized carbons (Fsp3) is 0.615. The van der Waals surface area contributed by atoms with Crippen molar-refractivity contribution >= 4 is 11.8 Å². The molecule has 0 atom stereocenters. The molecule has 0 saturated carbocycles. The Morgan fingerprint density at radius 3 is 2.37 bits per heavy atom. The molecule has 0 aliphatic heterocycles. The zero-order valence-electron chi connectivity index (χ0n) is 12.2. The molecular formula is C13H20FN3O2. The molecule has 0 unspecified atom stereocenters. The number of hydrogen-bond donors (Lipinski definition) is 0. The molecule has 0 saturated heterocycles. The van der Waals surface area contributed by atoms with Crippen molar-refractivity contribution in [1.29, 1.82) is 0 Å². The molecule has 5 nitrogen and oxygen atoms in total. The first-order chi connectivity index (χ1) is 8.52. The molecule has 1 rings (SSSR count). The molecule has 0 radical (unpaired) electrons. The quantitative estimate of drug-likeness (QED) is 0.828. The summed E-state index contributed by atoms with van der Waals surface area (Å²) >= 11 is 0. The van der Waals surface area contributed by atoms with Crippen LogP contribution in [0.1, 0.15) is 40.3 Å². The minimum atomic E-state index is -1.67. The van der Waals surface area contributed by atoms with Crippen LogP contribution in [0.4, 0.5) is 14.9 Å². The number of carbonyl (C=O) groups excluding carboxylic acids is 1. The first-order valence-corrected chi connectivity index (χ1v) is 5.98. The van der Waals surface area contributed by atoms with Crippen LogP contribution in [0.3, 0.4) is 0 Å². The van der Waals surface area contributed by atoms with Gasteiger partial charge in [0, 0.05) is 7.05 Å². The molecule has 0 aliphatic rings. The third-order valence-electron chi connectivity index (χ3n) is 2.28. The number of hydrogen-bond acceptors (Lipinski definition) is 4. The number of alkyl halides is 1. The van der Waals surface area contributed by atoms with Crippen LogP contribution in [0.2, 0.25) is 0 Å². The van der Waals surface area contributed by atoms with Crippen molar-refractivity contribution in [3.63, 3.8) is 0 Å². The van der Waals surface area contributed by atoms with E-state index in [1.807, 2.05) is 0 Å². The molecule has 0 bridgehead atoms. The maximum absolute atomic E-state index is 14.1. The minimum Gasteiger partial charge on any atom is -0.443 e. The van der Waals surface area contributed by atoms with Crippen molar-refractivity contribution in [3.05, 3.63) is 18.2 Å². The summed E-state index contributed by atoms with van der Waals surface area (Å²) in [6.45, 7) is 8.05. The molecule has 0 spiro atoms. The van der Waals surface area contributed by atoms with Gasteiger partial charge in [0.1, 0.15) is 23.3 Å². The van der Waals surface area contributed by atoms with Crippen molar-refractivity contribution in [1.82, 2.24) is 9.97 Å². The molecule has 0 fully saturated rings. The number of nitrogens with zero attached hydrogens (tertiary/aromatic N) is 3. The second kappa shape index (κ2) is 5.11. The fourth-order valence-electron chi connectivity index (χ4n) is 1.45. The maximum Gasteiger partial charge on any atom is 0.414 e. The van der Waals surface area contributed by atoms with Gasteiger partial charge in [-0.25, -0.2) is 19.2 Å². The Kier molecular flexibility index (Phi) is 4.12. The van der Waals surface area contributed by atoms with E-state index in [9.17, 15) is 9.18 Å². The van der Waals surface area contributed by atoms with Crippen LogP contribution in [0, 0.1) is 0 Å². The van der Waals surface area contributed by atoms with E-state index in [0.29, 0.717) is 5.69 Å². The van der Waals surface area contributed by atoms with Gasteiger partial charge in [-0.15, -0.1) is 0 Å². The van der Waals surface area contributed by atoms with Crippen LogP contribution in [-0.2, 0) is 10.4 Å². The van der Waals surface area contributed by atoms with E-state index in [1.165, 1.54) is 38.3 Å². The predicted octanol–water partition coefficient (Wildman–Crippen LogP) is 3.05.